The smallest absolute Gasteiger partial charge is 0.450 e. The number of hydrogen-bond donors (Lipinski definition) is 0. The number of nitrogens with zero attached hydrogens (tertiary/aromatic N) is 4. The topological polar surface area (TPSA) is 49.2 Å². The molecular weight excluding hydrogens is 488 g/mol. The van der Waals surface area contributed by atoms with Gasteiger partial charge in [0.05, 0.1) is 58.1 Å². The zero-order valence-electron chi connectivity index (χ0n) is 21.3. The van der Waals surface area contributed by atoms with Gasteiger partial charge in [-0.1, -0.05) is 12.1 Å². The fourth-order valence-electron chi connectivity index (χ4n) is 6.21. The highest BCUT2D eigenvalue weighted by Gasteiger charge is 2.58. The molecule has 1 saturated heterocycles. The van der Waals surface area contributed by atoms with E-state index in [2.05, 4.69) is 31.1 Å². The van der Waals surface area contributed by atoms with Gasteiger partial charge in [0.25, 0.3) is 0 Å². The molecule has 2 fully saturated rings. The number of quaternary nitrogens is 1. The van der Waals surface area contributed by atoms with Crippen LogP contribution in [-0.2, 0) is 10.9 Å². The molecule has 0 bridgehead atoms. The summed E-state index contributed by atoms with van der Waals surface area (Å²) >= 11 is 0. The molecule has 5 rings (SSSR count). The Balaban J connectivity index is 1.52. The first-order valence-electron chi connectivity index (χ1n) is 12.3. The lowest BCUT2D eigenvalue weighted by Crippen LogP contribution is -2.49. The quantitative estimate of drug-likeness (QED) is 0.338. The van der Waals surface area contributed by atoms with Gasteiger partial charge in [0.15, 0.2) is 0 Å². The van der Waals surface area contributed by atoms with Crippen LogP contribution in [0.15, 0.2) is 48.8 Å². The van der Waals surface area contributed by atoms with E-state index >= 15 is 0 Å². The first kappa shape index (κ1) is 25.7. The van der Waals surface area contributed by atoms with Gasteiger partial charge in [-0.2, -0.15) is 13.2 Å². The number of hydrogen-bond acceptors (Lipinski definition) is 4. The van der Waals surface area contributed by atoms with Gasteiger partial charge < -0.3 is 14.0 Å². The van der Waals surface area contributed by atoms with Crippen molar-refractivity contribution in [2.75, 3.05) is 34.9 Å². The van der Waals surface area contributed by atoms with E-state index < -0.39 is 17.6 Å². The molecule has 3 aromatic rings. The SMILES string of the molecule is COc1ccc(-n2ccnc2C(F)(F)F)nc1[C@H]1CO[C@]2(CC[C@H]([N+](C)(C)C)[C@@H]2c2ccc(F)cc2)C1. The fourth-order valence-corrected chi connectivity index (χ4v) is 6.21. The van der Waals surface area contributed by atoms with Gasteiger partial charge in [-0.3, -0.25) is 4.57 Å². The molecule has 1 aliphatic carbocycles. The lowest BCUT2D eigenvalue weighted by Gasteiger charge is -2.40. The second-order valence-electron chi connectivity index (χ2n) is 10.9. The Kier molecular flexibility index (Phi) is 6.31. The molecule has 0 N–H and O–H groups in total. The highest BCUT2D eigenvalue weighted by Crippen LogP contribution is 2.56. The average Bonchev–Trinajstić information content (AvgIpc) is 3.58. The Labute approximate surface area is 213 Å². The molecule has 1 spiro atoms. The van der Waals surface area contributed by atoms with E-state index in [0.29, 0.717) is 24.5 Å². The third kappa shape index (κ3) is 4.61. The molecule has 0 amide bonds. The van der Waals surface area contributed by atoms with Crippen LogP contribution >= 0.6 is 0 Å². The maximum atomic E-state index is 13.8. The highest BCUT2D eigenvalue weighted by molar-refractivity contribution is 5.40. The lowest BCUT2D eigenvalue weighted by atomic mass is 9.78. The van der Waals surface area contributed by atoms with Crippen molar-refractivity contribution in [2.24, 2.45) is 0 Å². The van der Waals surface area contributed by atoms with Crippen molar-refractivity contribution < 1.29 is 31.5 Å². The number of benzene rings is 1. The third-order valence-electron chi connectivity index (χ3n) is 7.82. The number of likely N-dealkylation sites (N-methyl/N-ethyl adjacent to an activating group) is 1. The van der Waals surface area contributed by atoms with Crippen molar-refractivity contribution in [1.82, 2.24) is 14.5 Å². The second kappa shape index (κ2) is 9.09. The number of aromatic nitrogens is 3. The molecule has 0 radical (unpaired) electrons. The van der Waals surface area contributed by atoms with E-state index in [9.17, 15) is 17.6 Å². The monoisotopic (exact) mass is 519 g/mol. The van der Waals surface area contributed by atoms with Crippen molar-refractivity contribution in [2.45, 2.75) is 48.9 Å². The number of alkyl halides is 3. The summed E-state index contributed by atoms with van der Waals surface area (Å²) in [6.45, 7) is 0.366. The molecule has 3 heterocycles. The van der Waals surface area contributed by atoms with Crippen molar-refractivity contribution >= 4 is 0 Å². The zero-order valence-corrected chi connectivity index (χ0v) is 21.3. The van der Waals surface area contributed by atoms with E-state index in [-0.39, 0.29) is 29.5 Å². The van der Waals surface area contributed by atoms with E-state index in [4.69, 9.17) is 9.47 Å². The molecular formula is C27H31F4N4O2+. The van der Waals surface area contributed by atoms with Crippen LogP contribution in [0.25, 0.3) is 5.82 Å². The van der Waals surface area contributed by atoms with Gasteiger partial charge >= 0.3 is 6.18 Å². The van der Waals surface area contributed by atoms with Gasteiger partial charge in [0.2, 0.25) is 5.82 Å². The molecule has 0 unspecified atom stereocenters. The molecule has 6 nitrogen and oxygen atoms in total. The van der Waals surface area contributed by atoms with E-state index in [1.54, 1.807) is 6.07 Å². The van der Waals surface area contributed by atoms with E-state index in [1.165, 1.54) is 31.5 Å². The van der Waals surface area contributed by atoms with Crippen molar-refractivity contribution in [3.8, 4) is 11.6 Å². The zero-order chi connectivity index (χ0) is 26.6. The van der Waals surface area contributed by atoms with E-state index in [0.717, 1.165) is 33.7 Å². The Hall–Kier alpha value is -2.98. The van der Waals surface area contributed by atoms with Gasteiger partial charge in [-0.25, -0.2) is 14.4 Å². The molecule has 2 aromatic heterocycles. The fraction of sp³-hybridized carbons (Fsp3) is 0.481. The van der Waals surface area contributed by atoms with Gasteiger partial charge in [-0.15, -0.1) is 0 Å². The van der Waals surface area contributed by atoms with Gasteiger partial charge in [0.1, 0.15) is 17.4 Å². The molecule has 198 valence electrons. The maximum absolute atomic E-state index is 13.8. The molecule has 4 atom stereocenters. The van der Waals surface area contributed by atoms with Crippen LogP contribution in [0.5, 0.6) is 5.75 Å². The van der Waals surface area contributed by atoms with Crippen LogP contribution in [0, 0.1) is 5.82 Å². The summed E-state index contributed by atoms with van der Waals surface area (Å²) in [6, 6.07) is 10.0. The molecule has 1 aromatic carbocycles. The molecule has 1 saturated carbocycles. The summed E-state index contributed by atoms with van der Waals surface area (Å²) < 4.78 is 68.1. The second-order valence-corrected chi connectivity index (χ2v) is 10.9. The minimum absolute atomic E-state index is 0.0257. The Bertz CT molecular complexity index is 1270. The van der Waals surface area contributed by atoms with Crippen LogP contribution in [0.3, 0.4) is 0 Å². The van der Waals surface area contributed by atoms with Crippen molar-refractivity contribution in [3.05, 3.63) is 71.7 Å². The summed E-state index contributed by atoms with van der Waals surface area (Å²) in [5.41, 5.74) is 1.10. The van der Waals surface area contributed by atoms with Crippen LogP contribution in [0.4, 0.5) is 17.6 Å². The largest absolute Gasteiger partial charge is 0.495 e. The van der Waals surface area contributed by atoms with Crippen molar-refractivity contribution in [3.63, 3.8) is 0 Å². The van der Waals surface area contributed by atoms with Gasteiger partial charge in [0, 0.05) is 24.7 Å². The normalized spacial score (nSPS) is 26.2. The molecule has 2 aliphatic rings. The molecule has 37 heavy (non-hydrogen) atoms. The predicted molar refractivity (Wildman–Crippen MR) is 129 cm³/mol. The number of rotatable bonds is 5. The number of ether oxygens (including phenoxy) is 2. The third-order valence-corrected chi connectivity index (χ3v) is 7.82. The van der Waals surface area contributed by atoms with Crippen LogP contribution in [0.2, 0.25) is 0 Å². The number of halogens is 4. The average molecular weight is 520 g/mol. The predicted octanol–water partition coefficient (Wildman–Crippen LogP) is 5.33. The summed E-state index contributed by atoms with van der Waals surface area (Å²) in [7, 11) is 7.99. The highest BCUT2D eigenvalue weighted by atomic mass is 19.4. The Morgan fingerprint density at radius 3 is 2.49 bits per heavy atom. The minimum Gasteiger partial charge on any atom is -0.495 e. The van der Waals surface area contributed by atoms with Gasteiger partial charge in [-0.05, 0) is 42.7 Å². The standard InChI is InChI=1S/C27H31F4N4O2/c1-35(2,3)20-11-12-26(23(20)17-5-7-19(28)8-6-17)15-18(16-37-26)24-21(36-4)9-10-22(33-24)34-14-13-32-25(34)27(29,30)31/h5-10,13-14,18,20,23H,11-12,15-16H2,1-4H3/q+1/t18-,20+,23+,26-/m1/s1. The minimum atomic E-state index is -4.61. The Morgan fingerprint density at radius 1 is 1.11 bits per heavy atom. The molecule has 1 aliphatic heterocycles. The molecule has 10 heteroatoms. The first-order chi connectivity index (χ1) is 17.4. The number of imidazole rings is 1. The van der Waals surface area contributed by atoms with Crippen LogP contribution in [0.1, 0.15) is 48.2 Å². The summed E-state index contributed by atoms with van der Waals surface area (Å²) in [6.07, 6.45) is 0.146. The summed E-state index contributed by atoms with van der Waals surface area (Å²) in [5, 5.41) is 0. The Morgan fingerprint density at radius 2 is 1.84 bits per heavy atom. The van der Waals surface area contributed by atoms with Crippen molar-refractivity contribution in [1.29, 1.82) is 0 Å². The van der Waals surface area contributed by atoms with E-state index in [1.807, 2.05) is 12.1 Å². The lowest BCUT2D eigenvalue weighted by molar-refractivity contribution is -0.897. The first-order valence-corrected chi connectivity index (χ1v) is 12.3. The summed E-state index contributed by atoms with van der Waals surface area (Å²) in [4.78, 5) is 8.12. The number of pyridine rings is 1. The summed E-state index contributed by atoms with van der Waals surface area (Å²) in [5.74, 6) is -0.853. The van der Waals surface area contributed by atoms with Crippen LogP contribution < -0.4 is 4.74 Å². The van der Waals surface area contributed by atoms with Crippen LogP contribution in [-0.4, -0.2) is 65.5 Å². The maximum Gasteiger partial charge on any atom is 0.450 e. The number of methoxy groups -OCH3 is 1.